The Morgan fingerprint density at radius 2 is 2.11 bits per heavy atom. The summed E-state index contributed by atoms with van der Waals surface area (Å²) in [7, 11) is 0. The molecule has 146 valence electrons. The highest BCUT2D eigenvalue weighted by molar-refractivity contribution is 5.78. The molecule has 0 radical (unpaired) electrons. The molecule has 2 rings (SSSR count). The van der Waals surface area contributed by atoms with Gasteiger partial charge in [-0.15, -0.1) is 6.58 Å². The van der Waals surface area contributed by atoms with E-state index < -0.39 is 0 Å². The Morgan fingerprint density at radius 3 is 2.78 bits per heavy atom. The van der Waals surface area contributed by atoms with Gasteiger partial charge in [0.25, 0.3) is 0 Å². The SMILES string of the molecule is C=CCN(Cc1cccn1Cc1cccc(F)c1)C(=O)C(CC)CCCC. The minimum Gasteiger partial charge on any atom is -0.345 e. The molecule has 1 aromatic heterocycles. The zero-order valence-corrected chi connectivity index (χ0v) is 16.5. The van der Waals surface area contributed by atoms with Crippen molar-refractivity contribution in [1.82, 2.24) is 9.47 Å². The molecule has 0 aliphatic rings. The highest BCUT2D eigenvalue weighted by Crippen LogP contribution is 2.19. The van der Waals surface area contributed by atoms with Crippen molar-refractivity contribution < 1.29 is 9.18 Å². The number of carbonyl (C=O) groups is 1. The molecule has 1 amide bonds. The van der Waals surface area contributed by atoms with Gasteiger partial charge in [0.1, 0.15) is 5.82 Å². The molecule has 1 atom stereocenters. The zero-order chi connectivity index (χ0) is 19.6. The van der Waals surface area contributed by atoms with Gasteiger partial charge in [-0.3, -0.25) is 4.79 Å². The fraction of sp³-hybridized carbons (Fsp3) is 0.435. The predicted octanol–water partition coefficient (Wildman–Crippen LogP) is 5.41. The van der Waals surface area contributed by atoms with Gasteiger partial charge in [-0.2, -0.15) is 0 Å². The number of hydrogen-bond acceptors (Lipinski definition) is 1. The summed E-state index contributed by atoms with van der Waals surface area (Å²) in [6.45, 7) is 9.71. The lowest BCUT2D eigenvalue weighted by Crippen LogP contribution is -2.36. The Morgan fingerprint density at radius 1 is 1.30 bits per heavy atom. The van der Waals surface area contributed by atoms with E-state index in [2.05, 4.69) is 25.0 Å². The van der Waals surface area contributed by atoms with Crippen LogP contribution in [0.15, 0.2) is 55.3 Å². The van der Waals surface area contributed by atoms with Crippen LogP contribution in [0.4, 0.5) is 4.39 Å². The maximum atomic E-state index is 13.5. The van der Waals surface area contributed by atoms with E-state index in [1.165, 1.54) is 6.07 Å². The average Bonchev–Trinajstić information content (AvgIpc) is 3.08. The van der Waals surface area contributed by atoms with Crippen LogP contribution in [-0.2, 0) is 17.9 Å². The highest BCUT2D eigenvalue weighted by atomic mass is 19.1. The van der Waals surface area contributed by atoms with Crippen LogP contribution < -0.4 is 0 Å². The Kier molecular flexibility index (Phi) is 8.31. The van der Waals surface area contributed by atoms with Crippen molar-refractivity contribution in [3.8, 4) is 0 Å². The minimum atomic E-state index is -0.230. The summed E-state index contributed by atoms with van der Waals surface area (Å²) in [5, 5.41) is 0. The van der Waals surface area contributed by atoms with Crippen molar-refractivity contribution >= 4 is 5.91 Å². The van der Waals surface area contributed by atoms with Crippen LogP contribution in [-0.4, -0.2) is 21.9 Å². The summed E-state index contributed by atoms with van der Waals surface area (Å²) in [5.74, 6) is 0.0345. The van der Waals surface area contributed by atoms with Crippen molar-refractivity contribution in [2.24, 2.45) is 5.92 Å². The first-order valence-corrected chi connectivity index (χ1v) is 9.87. The van der Waals surface area contributed by atoms with E-state index in [-0.39, 0.29) is 17.6 Å². The van der Waals surface area contributed by atoms with E-state index in [9.17, 15) is 9.18 Å². The van der Waals surface area contributed by atoms with Crippen LogP contribution in [0, 0.1) is 11.7 Å². The molecule has 0 saturated carbocycles. The second kappa shape index (κ2) is 10.7. The summed E-state index contributed by atoms with van der Waals surface area (Å²) in [4.78, 5) is 14.9. The normalized spacial score (nSPS) is 12.0. The Balaban J connectivity index is 2.13. The zero-order valence-electron chi connectivity index (χ0n) is 16.5. The molecule has 0 aliphatic heterocycles. The minimum absolute atomic E-state index is 0.0662. The third-order valence-electron chi connectivity index (χ3n) is 4.93. The van der Waals surface area contributed by atoms with Gasteiger partial charge in [0.05, 0.1) is 6.54 Å². The van der Waals surface area contributed by atoms with Gasteiger partial charge in [0.2, 0.25) is 5.91 Å². The van der Waals surface area contributed by atoms with Gasteiger partial charge in [-0.1, -0.05) is 44.9 Å². The van der Waals surface area contributed by atoms with E-state index in [4.69, 9.17) is 0 Å². The highest BCUT2D eigenvalue weighted by Gasteiger charge is 2.22. The van der Waals surface area contributed by atoms with Gasteiger partial charge < -0.3 is 9.47 Å². The van der Waals surface area contributed by atoms with Crippen molar-refractivity contribution in [3.05, 3.63) is 72.3 Å². The van der Waals surface area contributed by atoms with E-state index >= 15 is 0 Å². The molecular formula is C23H31FN2O. The van der Waals surface area contributed by atoms with Gasteiger partial charge in [-0.25, -0.2) is 4.39 Å². The molecule has 0 N–H and O–H groups in total. The molecule has 0 bridgehead atoms. The molecule has 3 nitrogen and oxygen atoms in total. The molecule has 0 fully saturated rings. The number of benzene rings is 1. The molecule has 0 spiro atoms. The van der Waals surface area contributed by atoms with Crippen LogP contribution in [0.5, 0.6) is 0 Å². The van der Waals surface area contributed by atoms with Gasteiger partial charge in [0, 0.05) is 30.9 Å². The van der Waals surface area contributed by atoms with Crippen molar-refractivity contribution in [3.63, 3.8) is 0 Å². The topological polar surface area (TPSA) is 25.2 Å². The van der Waals surface area contributed by atoms with Crippen LogP contribution in [0.2, 0.25) is 0 Å². The summed E-state index contributed by atoms with van der Waals surface area (Å²) in [5.41, 5.74) is 1.95. The van der Waals surface area contributed by atoms with Crippen molar-refractivity contribution in [1.29, 1.82) is 0 Å². The van der Waals surface area contributed by atoms with Crippen molar-refractivity contribution in [2.45, 2.75) is 52.6 Å². The predicted molar refractivity (Wildman–Crippen MR) is 109 cm³/mol. The summed E-state index contributed by atoms with van der Waals surface area (Å²) in [6.07, 6.45) is 7.72. The maximum absolute atomic E-state index is 13.5. The van der Waals surface area contributed by atoms with E-state index in [1.807, 2.05) is 29.3 Å². The number of rotatable bonds is 11. The van der Waals surface area contributed by atoms with E-state index in [1.54, 1.807) is 18.2 Å². The van der Waals surface area contributed by atoms with E-state index in [0.29, 0.717) is 19.6 Å². The lowest BCUT2D eigenvalue weighted by molar-refractivity contribution is -0.136. The van der Waals surface area contributed by atoms with Crippen LogP contribution in [0.1, 0.15) is 50.8 Å². The fourth-order valence-corrected chi connectivity index (χ4v) is 3.37. The van der Waals surface area contributed by atoms with Crippen molar-refractivity contribution in [2.75, 3.05) is 6.54 Å². The molecule has 4 heteroatoms. The molecule has 27 heavy (non-hydrogen) atoms. The first kappa shape index (κ1) is 20.9. The largest absolute Gasteiger partial charge is 0.345 e. The summed E-state index contributed by atoms with van der Waals surface area (Å²) in [6, 6.07) is 10.6. The van der Waals surface area contributed by atoms with Crippen LogP contribution in [0.3, 0.4) is 0 Å². The monoisotopic (exact) mass is 370 g/mol. The first-order valence-electron chi connectivity index (χ1n) is 9.87. The third kappa shape index (κ3) is 6.09. The standard InChI is InChI=1S/C23H31FN2O/c1-4-7-11-20(6-3)23(27)26(14-5-2)18-22-13-9-15-25(22)17-19-10-8-12-21(24)16-19/h5,8-10,12-13,15-16,20H,2,4,6-7,11,14,17-18H2,1,3H3. The summed E-state index contributed by atoms with van der Waals surface area (Å²) < 4.78 is 15.5. The first-order chi connectivity index (χ1) is 13.1. The van der Waals surface area contributed by atoms with Gasteiger partial charge in [0.15, 0.2) is 0 Å². The smallest absolute Gasteiger partial charge is 0.226 e. The maximum Gasteiger partial charge on any atom is 0.226 e. The van der Waals surface area contributed by atoms with Crippen LogP contribution in [0.25, 0.3) is 0 Å². The number of unbranched alkanes of at least 4 members (excludes halogenated alkanes) is 1. The lowest BCUT2D eigenvalue weighted by atomic mass is 9.97. The Labute approximate surface area is 162 Å². The summed E-state index contributed by atoms with van der Waals surface area (Å²) >= 11 is 0. The van der Waals surface area contributed by atoms with Gasteiger partial charge in [-0.05, 0) is 42.7 Å². The molecule has 1 unspecified atom stereocenters. The lowest BCUT2D eigenvalue weighted by Gasteiger charge is -2.26. The quantitative estimate of drug-likeness (QED) is 0.486. The Bertz CT molecular complexity index is 737. The van der Waals surface area contributed by atoms with E-state index in [0.717, 1.165) is 36.9 Å². The number of carbonyl (C=O) groups excluding carboxylic acids is 1. The second-order valence-electron chi connectivity index (χ2n) is 7.01. The molecule has 2 aromatic rings. The number of aromatic nitrogens is 1. The molecular weight excluding hydrogens is 339 g/mol. The number of amides is 1. The van der Waals surface area contributed by atoms with Gasteiger partial charge >= 0.3 is 0 Å². The molecule has 0 aliphatic carbocycles. The number of hydrogen-bond donors (Lipinski definition) is 0. The molecule has 0 saturated heterocycles. The Hall–Kier alpha value is -2.36. The van der Waals surface area contributed by atoms with Crippen LogP contribution >= 0.6 is 0 Å². The molecule has 1 aromatic carbocycles. The third-order valence-corrected chi connectivity index (χ3v) is 4.93. The number of nitrogens with zero attached hydrogens (tertiary/aromatic N) is 2. The molecule has 1 heterocycles. The number of halogens is 1. The average molecular weight is 371 g/mol. The fourth-order valence-electron chi connectivity index (χ4n) is 3.37. The second-order valence-corrected chi connectivity index (χ2v) is 7.01.